The Morgan fingerprint density at radius 1 is 1.33 bits per heavy atom. The second-order valence-electron chi connectivity index (χ2n) is 5.21. The molecule has 1 heterocycles. The van der Waals surface area contributed by atoms with Gasteiger partial charge in [-0.2, -0.15) is 5.10 Å². The standard InChI is InChI=1S/C13H22N2/c1-10(2)11-4-3-5-12-8-14-15-9-13(12)7-6-11/h8-12,15H,3-7H2,1-2H3. The fourth-order valence-corrected chi connectivity index (χ4v) is 2.74. The van der Waals surface area contributed by atoms with Gasteiger partial charge in [-0.15, -0.1) is 0 Å². The van der Waals surface area contributed by atoms with Crippen LogP contribution >= 0.6 is 0 Å². The molecule has 1 aliphatic carbocycles. The van der Waals surface area contributed by atoms with E-state index in [1.807, 2.05) is 0 Å². The normalized spacial score (nSPS) is 31.3. The Labute approximate surface area is 92.8 Å². The smallest absolute Gasteiger partial charge is 0.0318 e. The molecule has 2 aliphatic rings. The molecular weight excluding hydrogens is 184 g/mol. The molecule has 0 amide bonds. The van der Waals surface area contributed by atoms with Crippen molar-refractivity contribution in [2.24, 2.45) is 22.9 Å². The van der Waals surface area contributed by atoms with Crippen LogP contribution in [0.2, 0.25) is 0 Å². The number of nitrogens with zero attached hydrogens (tertiary/aromatic N) is 1. The quantitative estimate of drug-likeness (QED) is 0.699. The van der Waals surface area contributed by atoms with Crippen LogP contribution in [0.3, 0.4) is 0 Å². The Morgan fingerprint density at radius 2 is 2.20 bits per heavy atom. The Bertz CT molecular complexity index is 266. The summed E-state index contributed by atoms with van der Waals surface area (Å²) in [7, 11) is 0. The predicted molar refractivity (Wildman–Crippen MR) is 64.6 cm³/mol. The van der Waals surface area contributed by atoms with Crippen molar-refractivity contribution in [3.63, 3.8) is 0 Å². The average molecular weight is 206 g/mol. The van der Waals surface area contributed by atoms with Crippen molar-refractivity contribution in [2.75, 3.05) is 0 Å². The van der Waals surface area contributed by atoms with Crippen LogP contribution in [0.4, 0.5) is 0 Å². The van der Waals surface area contributed by atoms with Crippen LogP contribution in [0.25, 0.3) is 0 Å². The maximum absolute atomic E-state index is 4.14. The van der Waals surface area contributed by atoms with Gasteiger partial charge in [0.05, 0.1) is 0 Å². The fourth-order valence-electron chi connectivity index (χ4n) is 2.74. The Balaban J connectivity index is 1.99. The van der Waals surface area contributed by atoms with Crippen molar-refractivity contribution in [3.05, 3.63) is 11.8 Å². The molecule has 15 heavy (non-hydrogen) atoms. The van der Waals surface area contributed by atoms with Crippen molar-refractivity contribution in [3.8, 4) is 0 Å². The topological polar surface area (TPSA) is 24.4 Å². The van der Waals surface area contributed by atoms with E-state index in [9.17, 15) is 0 Å². The lowest BCUT2D eigenvalue weighted by Gasteiger charge is -2.28. The number of hydrogen-bond donors (Lipinski definition) is 1. The molecule has 2 unspecified atom stereocenters. The van der Waals surface area contributed by atoms with Crippen LogP contribution < -0.4 is 5.43 Å². The van der Waals surface area contributed by atoms with Gasteiger partial charge in [0, 0.05) is 18.3 Å². The van der Waals surface area contributed by atoms with Gasteiger partial charge < -0.3 is 0 Å². The molecule has 0 aromatic heterocycles. The lowest BCUT2D eigenvalue weighted by atomic mass is 9.79. The van der Waals surface area contributed by atoms with Crippen molar-refractivity contribution in [1.82, 2.24) is 5.43 Å². The summed E-state index contributed by atoms with van der Waals surface area (Å²) in [6.07, 6.45) is 10.9. The molecule has 2 nitrogen and oxygen atoms in total. The second-order valence-corrected chi connectivity index (χ2v) is 5.21. The maximum atomic E-state index is 4.14. The van der Waals surface area contributed by atoms with E-state index < -0.39 is 0 Å². The van der Waals surface area contributed by atoms with Crippen molar-refractivity contribution in [1.29, 1.82) is 0 Å². The summed E-state index contributed by atoms with van der Waals surface area (Å²) >= 11 is 0. The molecular formula is C13H22N2. The summed E-state index contributed by atoms with van der Waals surface area (Å²) in [5.41, 5.74) is 4.55. The third kappa shape index (κ3) is 2.61. The highest BCUT2D eigenvalue weighted by atomic mass is 15.3. The molecule has 2 heteroatoms. The largest absolute Gasteiger partial charge is 0.286 e. The lowest BCUT2D eigenvalue weighted by Crippen LogP contribution is -2.20. The van der Waals surface area contributed by atoms with Gasteiger partial charge in [-0.05, 0) is 36.7 Å². The van der Waals surface area contributed by atoms with Crippen LogP contribution in [0.15, 0.2) is 16.9 Å². The van der Waals surface area contributed by atoms with E-state index in [-0.39, 0.29) is 0 Å². The van der Waals surface area contributed by atoms with E-state index in [1.54, 1.807) is 5.57 Å². The van der Waals surface area contributed by atoms with Crippen LogP contribution in [-0.2, 0) is 0 Å². The zero-order valence-corrected chi connectivity index (χ0v) is 9.87. The van der Waals surface area contributed by atoms with E-state index in [0.29, 0.717) is 5.92 Å². The molecule has 2 atom stereocenters. The summed E-state index contributed by atoms with van der Waals surface area (Å²) in [5, 5.41) is 4.14. The minimum atomic E-state index is 0.624. The minimum Gasteiger partial charge on any atom is -0.286 e. The van der Waals surface area contributed by atoms with Gasteiger partial charge in [-0.3, -0.25) is 5.43 Å². The molecule has 0 aromatic carbocycles. The third-order valence-electron chi connectivity index (χ3n) is 3.89. The highest BCUT2D eigenvalue weighted by Crippen LogP contribution is 2.33. The number of hydrazone groups is 1. The third-order valence-corrected chi connectivity index (χ3v) is 3.89. The Kier molecular flexibility index (Phi) is 3.45. The molecule has 2 rings (SSSR count). The molecule has 84 valence electrons. The SMILES string of the molecule is CC(C)C1CCCC2C=NNC=C2CC1. The van der Waals surface area contributed by atoms with E-state index in [1.165, 1.54) is 32.1 Å². The first-order valence-corrected chi connectivity index (χ1v) is 6.25. The van der Waals surface area contributed by atoms with Gasteiger partial charge in [0.2, 0.25) is 0 Å². The summed E-state index contributed by atoms with van der Waals surface area (Å²) in [6.45, 7) is 4.72. The number of hydrogen-bond acceptors (Lipinski definition) is 2. The maximum Gasteiger partial charge on any atom is 0.0318 e. The van der Waals surface area contributed by atoms with E-state index in [4.69, 9.17) is 0 Å². The second kappa shape index (κ2) is 4.82. The first-order valence-electron chi connectivity index (χ1n) is 6.25. The fraction of sp³-hybridized carbons (Fsp3) is 0.769. The van der Waals surface area contributed by atoms with Gasteiger partial charge in [0.15, 0.2) is 0 Å². The number of allylic oxidation sites excluding steroid dienone is 1. The van der Waals surface area contributed by atoms with E-state index in [2.05, 4.69) is 36.8 Å². The van der Waals surface area contributed by atoms with Crippen LogP contribution in [0.5, 0.6) is 0 Å². The summed E-state index contributed by atoms with van der Waals surface area (Å²) in [4.78, 5) is 0. The van der Waals surface area contributed by atoms with E-state index in [0.717, 1.165) is 11.8 Å². The van der Waals surface area contributed by atoms with Gasteiger partial charge in [-0.1, -0.05) is 26.7 Å². The van der Waals surface area contributed by atoms with Crippen LogP contribution in [0, 0.1) is 17.8 Å². The summed E-state index contributed by atoms with van der Waals surface area (Å²) in [5.74, 6) is 2.39. The van der Waals surface area contributed by atoms with Gasteiger partial charge in [0.1, 0.15) is 0 Å². The first-order chi connectivity index (χ1) is 7.27. The van der Waals surface area contributed by atoms with E-state index >= 15 is 0 Å². The zero-order valence-electron chi connectivity index (χ0n) is 9.87. The lowest BCUT2D eigenvalue weighted by molar-refractivity contribution is 0.308. The molecule has 0 aromatic rings. The molecule has 0 spiro atoms. The average Bonchev–Trinajstić information content (AvgIpc) is 2.18. The predicted octanol–water partition coefficient (Wildman–Crippen LogP) is 3.31. The van der Waals surface area contributed by atoms with Crippen molar-refractivity contribution in [2.45, 2.75) is 46.0 Å². The number of nitrogens with one attached hydrogen (secondary N) is 1. The van der Waals surface area contributed by atoms with Crippen molar-refractivity contribution < 1.29 is 0 Å². The summed E-state index contributed by atoms with van der Waals surface area (Å²) < 4.78 is 0. The van der Waals surface area contributed by atoms with Crippen molar-refractivity contribution >= 4 is 6.21 Å². The molecule has 0 saturated heterocycles. The molecule has 0 radical (unpaired) electrons. The van der Waals surface area contributed by atoms with Gasteiger partial charge >= 0.3 is 0 Å². The minimum absolute atomic E-state index is 0.624. The highest BCUT2D eigenvalue weighted by Gasteiger charge is 2.22. The Morgan fingerprint density at radius 3 is 3.00 bits per heavy atom. The van der Waals surface area contributed by atoms with Crippen LogP contribution in [0.1, 0.15) is 46.0 Å². The molecule has 1 aliphatic heterocycles. The number of fused-ring (bicyclic) bond motifs is 1. The molecule has 1 saturated carbocycles. The van der Waals surface area contributed by atoms with Gasteiger partial charge in [-0.25, -0.2) is 0 Å². The molecule has 1 fully saturated rings. The number of rotatable bonds is 1. The molecule has 1 N–H and O–H groups in total. The summed E-state index contributed by atoms with van der Waals surface area (Å²) in [6, 6.07) is 0. The molecule has 0 bridgehead atoms. The highest BCUT2D eigenvalue weighted by molar-refractivity contribution is 5.66. The first kappa shape index (κ1) is 10.7. The zero-order chi connectivity index (χ0) is 10.7. The monoisotopic (exact) mass is 206 g/mol. The van der Waals surface area contributed by atoms with Gasteiger partial charge in [0.25, 0.3) is 0 Å². The Hall–Kier alpha value is -0.790. The van der Waals surface area contributed by atoms with Crippen LogP contribution in [-0.4, -0.2) is 6.21 Å².